The van der Waals surface area contributed by atoms with Gasteiger partial charge in [0, 0.05) is 0 Å². The Labute approximate surface area is 118 Å². The van der Waals surface area contributed by atoms with Crippen LogP contribution in [0.5, 0.6) is 0 Å². The lowest BCUT2D eigenvalue weighted by Gasteiger charge is -2.31. The molecule has 0 radical (unpaired) electrons. The van der Waals surface area contributed by atoms with E-state index in [4.69, 9.17) is 10.4 Å². The molecular formula is C13H18N3O3S+. The van der Waals surface area contributed by atoms with Gasteiger partial charge >= 0.3 is 0 Å². The van der Waals surface area contributed by atoms with Crippen molar-refractivity contribution in [1.29, 1.82) is 5.26 Å². The molecule has 108 valence electrons. The van der Waals surface area contributed by atoms with E-state index in [0.29, 0.717) is 32.7 Å². The van der Waals surface area contributed by atoms with Gasteiger partial charge < -0.3 is 10.0 Å². The van der Waals surface area contributed by atoms with Gasteiger partial charge in [0.05, 0.1) is 43.2 Å². The molecule has 1 fully saturated rings. The van der Waals surface area contributed by atoms with Gasteiger partial charge in [0.2, 0.25) is 10.0 Å². The Bertz CT molecular complexity index is 602. The summed E-state index contributed by atoms with van der Waals surface area (Å²) < 4.78 is 26.5. The van der Waals surface area contributed by atoms with Crippen LogP contribution in [0.25, 0.3) is 0 Å². The van der Waals surface area contributed by atoms with Gasteiger partial charge in [-0.05, 0) is 12.1 Å². The smallest absolute Gasteiger partial charge is 0.244 e. The fraction of sp³-hybridized carbons (Fsp3) is 0.462. The maximum atomic E-state index is 12.5. The number of nitrogens with zero attached hydrogens (tertiary/aromatic N) is 2. The molecule has 1 aliphatic rings. The lowest BCUT2D eigenvalue weighted by molar-refractivity contribution is -0.904. The van der Waals surface area contributed by atoms with Crippen molar-refractivity contribution < 1.29 is 18.4 Å². The molecule has 7 heteroatoms. The molecule has 1 saturated heterocycles. The summed E-state index contributed by atoms with van der Waals surface area (Å²) in [4.78, 5) is 1.28. The minimum absolute atomic E-state index is 0.0770. The van der Waals surface area contributed by atoms with Crippen LogP contribution in [0.3, 0.4) is 0 Å². The van der Waals surface area contributed by atoms with Crippen LogP contribution in [0, 0.1) is 11.3 Å². The second-order valence-electron chi connectivity index (χ2n) is 4.74. The summed E-state index contributed by atoms with van der Waals surface area (Å²) in [6.45, 7) is 2.93. The number of hydrogen-bond donors (Lipinski definition) is 2. The third-order valence-corrected chi connectivity index (χ3v) is 5.48. The average Bonchev–Trinajstić information content (AvgIpc) is 2.48. The number of sulfonamides is 1. The van der Waals surface area contributed by atoms with E-state index in [1.807, 2.05) is 6.07 Å². The minimum Gasteiger partial charge on any atom is -0.391 e. The molecule has 2 N–H and O–H groups in total. The molecule has 0 aromatic heterocycles. The zero-order valence-corrected chi connectivity index (χ0v) is 11.9. The van der Waals surface area contributed by atoms with Crippen LogP contribution in [0.15, 0.2) is 29.2 Å². The molecule has 0 saturated carbocycles. The van der Waals surface area contributed by atoms with Gasteiger partial charge in [-0.1, -0.05) is 12.1 Å². The first-order valence-electron chi connectivity index (χ1n) is 6.53. The van der Waals surface area contributed by atoms with Gasteiger partial charge in [-0.25, -0.2) is 8.42 Å². The summed E-state index contributed by atoms with van der Waals surface area (Å²) in [6, 6.07) is 8.19. The van der Waals surface area contributed by atoms with Gasteiger partial charge in [0.1, 0.15) is 12.6 Å². The molecule has 2 rings (SSSR count). The monoisotopic (exact) mass is 296 g/mol. The van der Waals surface area contributed by atoms with Gasteiger partial charge in [-0.2, -0.15) is 9.57 Å². The Hall–Kier alpha value is -1.46. The molecule has 6 nitrogen and oxygen atoms in total. The summed E-state index contributed by atoms with van der Waals surface area (Å²) in [6.07, 6.45) is 0. The van der Waals surface area contributed by atoms with Crippen molar-refractivity contribution >= 4 is 10.0 Å². The second-order valence-corrected chi connectivity index (χ2v) is 6.64. The lowest BCUT2D eigenvalue weighted by Crippen LogP contribution is -3.15. The Morgan fingerprint density at radius 1 is 1.30 bits per heavy atom. The number of aliphatic hydroxyl groups is 1. The van der Waals surface area contributed by atoms with E-state index in [1.54, 1.807) is 12.1 Å². The van der Waals surface area contributed by atoms with Crippen molar-refractivity contribution in [2.45, 2.75) is 4.90 Å². The van der Waals surface area contributed by atoms with Crippen molar-refractivity contribution in [3.05, 3.63) is 29.8 Å². The molecule has 20 heavy (non-hydrogen) atoms. The standard InChI is InChI=1S/C13H17N3O3S/c14-11-12-3-1-2-4-13(12)20(18,19)16-7-5-15(6-8-16)9-10-17/h1-4,17H,5-10H2/p+1. The number of nitriles is 1. The van der Waals surface area contributed by atoms with E-state index in [-0.39, 0.29) is 17.1 Å². The SMILES string of the molecule is N#Cc1ccccc1S(=O)(=O)N1CC[NH+](CCO)CC1. The maximum absolute atomic E-state index is 12.5. The highest BCUT2D eigenvalue weighted by atomic mass is 32.2. The summed E-state index contributed by atoms with van der Waals surface area (Å²) in [5.74, 6) is 0. The van der Waals surface area contributed by atoms with Crippen LogP contribution in [-0.2, 0) is 10.0 Å². The number of rotatable bonds is 4. The Balaban J connectivity index is 2.18. The van der Waals surface area contributed by atoms with E-state index < -0.39 is 10.0 Å². The van der Waals surface area contributed by atoms with Crippen LogP contribution in [0.4, 0.5) is 0 Å². The first-order valence-corrected chi connectivity index (χ1v) is 7.97. The van der Waals surface area contributed by atoms with E-state index in [0.717, 1.165) is 0 Å². The minimum atomic E-state index is -3.61. The predicted molar refractivity (Wildman–Crippen MR) is 72.6 cm³/mol. The van der Waals surface area contributed by atoms with Gasteiger partial charge in [-0.15, -0.1) is 0 Å². The molecule has 0 atom stereocenters. The van der Waals surface area contributed by atoms with Crippen LogP contribution >= 0.6 is 0 Å². The van der Waals surface area contributed by atoms with Crippen LogP contribution in [0.1, 0.15) is 5.56 Å². The van der Waals surface area contributed by atoms with Crippen molar-refractivity contribution in [1.82, 2.24) is 4.31 Å². The zero-order valence-electron chi connectivity index (χ0n) is 11.1. The highest BCUT2D eigenvalue weighted by molar-refractivity contribution is 7.89. The molecule has 0 spiro atoms. The molecule has 1 heterocycles. The van der Waals surface area contributed by atoms with E-state index in [9.17, 15) is 8.42 Å². The van der Waals surface area contributed by atoms with Crippen molar-refractivity contribution in [3.8, 4) is 6.07 Å². The summed E-state index contributed by atoms with van der Waals surface area (Å²) in [5, 5.41) is 17.9. The molecule has 1 aromatic carbocycles. The summed E-state index contributed by atoms with van der Waals surface area (Å²) >= 11 is 0. The Morgan fingerprint density at radius 2 is 1.95 bits per heavy atom. The zero-order chi connectivity index (χ0) is 14.6. The first kappa shape index (κ1) is 14.9. The summed E-state index contributed by atoms with van der Waals surface area (Å²) in [7, 11) is -3.61. The Morgan fingerprint density at radius 3 is 2.55 bits per heavy atom. The number of quaternary nitrogens is 1. The summed E-state index contributed by atoms with van der Waals surface area (Å²) in [5.41, 5.74) is 0.178. The van der Waals surface area contributed by atoms with Crippen molar-refractivity contribution in [2.24, 2.45) is 0 Å². The van der Waals surface area contributed by atoms with Crippen molar-refractivity contribution in [2.75, 3.05) is 39.3 Å². The van der Waals surface area contributed by atoms with Crippen LogP contribution in [-0.4, -0.2) is 57.2 Å². The largest absolute Gasteiger partial charge is 0.391 e. The molecule has 0 aliphatic carbocycles. The van der Waals surface area contributed by atoms with Crippen molar-refractivity contribution in [3.63, 3.8) is 0 Å². The predicted octanol–water partition coefficient (Wildman–Crippen LogP) is -1.56. The van der Waals surface area contributed by atoms with Gasteiger partial charge in [0.15, 0.2) is 0 Å². The molecule has 0 bridgehead atoms. The molecule has 0 amide bonds. The molecular weight excluding hydrogens is 278 g/mol. The van der Waals surface area contributed by atoms with Crippen LogP contribution < -0.4 is 4.90 Å². The average molecular weight is 296 g/mol. The molecule has 0 unspecified atom stereocenters. The van der Waals surface area contributed by atoms with Crippen LogP contribution in [0.2, 0.25) is 0 Å². The number of hydrogen-bond acceptors (Lipinski definition) is 4. The Kier molecular flexibility index (Phi) is 4.73. The fourth-order valence-corrected chi connectivity index (χ4v) is 3.96. The van der Waals surface area contributed by atoms with E-state index in [2.05, 4.69) is 0 Å². The topological polar surface area (TPSA) is 85.8 Å². The number of benzene rings is 1. The highest BCUT2D eigenvalue weighted by Gasteiger charge is 2.31. The number of nitrogens with one attached hydrogen (secondary N) is 1. The van der Waals surface area contributed by atoms with Gasteiger partial charge in [0.25, 0.3) is 0 Å². The molecule has 1 aromatic rings. The maximum Gasteiger partial charge on any atom is 0.244 e. The second kappa shape index (κ2) is 6.33. The highest BCUT2D eigenvalue weighted by Crippen LogP contribution is 2.19. The first-order chi connectivity index (χ1) is 9.59. The van der Waals surface area contributed by atoms with Gasteiger partial charge in [-0.3, -0.25) is 0 Å². The number of aliphatic hydroxyl groups excluding tert-OH is 1. The lowest BCUT2D eigenvalue weighted by atomic mass is 10.2. The third kappa shape index (κ3) is 2.99. The van der Waals surface area contributed by atoms with E-state index in [1.165, 1.54) is 21.3 Å². The number of piperazine rings is 1. The van der Waals surface area contributed by atoms with E-state index >= 15 is 0 Å². The normalized spacial score (nSPS) is 17.8. The third-order valence-electron chi connectivity index (χ3n) is 3.52. The molecule has 1 aliphatic heterocycles. The fourth-order valence-electron chi connectivity index (χ4n) is 2.37. The quantitative estimate of drug-likeness (QED) is 0.704.